The van der Waals surface area contributed by atoms with Crippen LogP contribution in [0.1, 0.15) is 40.9 Å². The van der Waals surface area contributed by atoms with Gasteiger partial charge < -0.3 is 10.2 Å². The smallest absolute Gasteiger partial charge is 0.251 e. The summed E-state index contributed by atoms with van der Waals surface area (Å²) in [6, 6.07) is 14.0. The molecule has 0 bridgehead atoms. The molecule has 2 aliphatic rings. The van der Waals surface area contributed by atoms with Gasteiger partial charge in [-0.2, -0.15) is 0 Å². The summed E-state index contributed by atoms with van der Waals surface area (Å²) in [7, 11) is 0. The lowest BCUT2D eigenvalue weighted by Crippen LogP contribution is -2.30. The Hall–Kier alpha value is -2.27. The van der Waals surface area contributed by atoms with Gasteiger partial charge in [0.2, 0.25) is 5.91 Å². The number of anilines is 1. The second-order valence-corrected chi connectivity index (χ2v) is 7.60. The van der Waals surface area contributed by atoms with Crippen molar-refractivity contribution in [1.82, 2.24) is 5.32 Å². The number of thioether (sulfide) groups is 1. The van der Waals surface area contributed by atoms with Crippen LogP contribution in [0.3, 0.4) is 0 Å². The van der Waals surface area contributed by atoms with Crippen LogP contribution in [-0.2, 0) is 11.2 Å². The van der Waals surface area contributed by atoms with Crippen LogP contribution in [0.5, 0.6) is 0 Å². The van der Waals surface area contributed by atoms with Crippen molar-refractivity contribution in [1.29, 1.82) is 0 Å². The number of rotatable bonds is 2. The number of carbonyl (C=O) groups excluding carboxylic acids is 2. The van der Waals surface area contributed by atoms with Gasteiger partial charge in [0.25, 0.3) is 5.91 Å². The molecule has 128 valence electrons. The average Bonchev–Trinajstić information content (AvgIpc) is 3.05. The Morgan fingerprint density at radius 2 is 2.04 bits per heavy atom. The van der Waals surface area contributed by atoms with Crippen molar-refractivity contribution < 1.29 is 9.59 Å². The van der Waals surface area contributed by atoms with Crippen molar-refractivity contribution in [3.63, 3.8) is 0 Å². The van der Waals surface area contributed by atoms with E-state index in [-0.39, 0.29) is 17.9 Å². The van der Waals surface area contributed by atoms with Crippen LogP contribution in [0.4, 0.5) is 5.69 Å². The predicted molar refractivity (Wildman–Crippen MR) is 100 cm³/mol. The molecule has 1 unspecified atom stereocenters. The van der Waals surface area contributed by atoms with E-state index in [1.807, 2.05) is 42.1 Å². The van der Waals surface area contributed by atoms with Crippen LogP contribution in [-0.4, -0.2) is 24.1 Å². The molecule has 25 heavy (non-hydrogen) atoms. The molecule has 2 heterocycles. The van der Waals surface area contributed by atoms with Crippen LogP contribution < -0.4 is 10.2 Å². The highest BCUT2D eigenvalue weighted by atomic mass is 32.2. The van der Waals surface area contributed by atoms with Crippen LogP contribution in [0, 0.1) is 0 Å². The minimum absolute atomic E-state index is 0.0456. The number of benzene rings is 2. The first-order valence-electron chi connectivity index (χ1n) is 8.57. The first-order valence-corrected chi connectivity index (χ1v) is 9.55. The van der Waals surface area contributed by atoms with E-state index in [4.69, 9.17) is 0 Å². The normalized spacial score (nSPS) is 18.4. The summed E-state index contributed by atoms with van der Waals surface area (Å²) in [5, 5.41) is 3.18. The third-order valence-corrected chi connectivity index (χ3v) is 6.00. The third kappa shape index (κ3) is 3.04. The molecule has 2 aromatic rings. The molecule has 0 radical (unpaired) electrons. The zero-order chi connectivity index (χ0) is 17.4. The lowest BCUT2D eigenvalue weighted by Gasteiger charge is -2.26. The molecule has 2 aliphatic heterocycles. The number of carbonyl (C=O) groups is 2. The number of amides is 2. The maximum absolute atomic E-state index is 12.7. The number of hydrogen-bond acceptors (Lipinski definition) is 3. The molecule has 4 nitrogen and oxygen atoms in total. The van der Waals surface area contributed by atoms with Crippen molar-refractivity contribution in [2.75, 3.05) is 17.2 Å². The highest BCUT2D eigenvalue weighted by Crippen LogP contribution is 2.36. The van der Waals surface area contributed by atoms with E-state index in [9.17, 15) is 9.59 Å². The van der Waals surface area contributed by atoms with Gasteiger partial charge in [-0.1, -0.05) is 18.2 Å². The van der Waals surface area contributed by atoms with Gasteiger partial charge in [-0.05, 0) is 48.2 Å². The van der Waals surface area contributed by atoms with Crippen LogP contribution in [0.25, 0.3) is 0 Å². The molecule has 0 aromatic heterocycles. The summed E-state index contributed by atoms with van der Waals surface area (Å²) in [4.78, 5) is 27.4. The quantitative estimate of drug-likeness (QED) is 0.899. The molecule has 2 amide bonds. The summed E-state index contributed by atoms with van der Waals surface area (Å²) in [5.74, 6) is 1.02. The molecule has 0 saturated heterocycles. The number of hydrogen-bond donors (Lipinski definition) is 1. The first kappa shape index (κ1) is 16.2. The lowest BCUT2D eigenvalue weighted by molar-refractivity contribution is -0.116. The second kappa shape index (κ2) is 6.56. The van der Waals surface area contributed by atoms with E-state index >= 15 is 0 Å². The van der Waals surface area contributed by atoms with Crippen LogP contribution in [0.2, 0.25) is 0 Å². The van der Waals surface area contributed by atoms with E-state index in [2.05, 4.69) is 17.4 Å². The Morgan fingerprint density at radius 1 is 1.20 bits per heavy atom. The van der Waals surface area contributed by atoms with Crippen molar-refractivity contribution >= 4 is 29.3 Å². The minimum atomic E-state index is -0.0456. The van der Waals surface area contributed by atoms with Gasteiger partial charge in [0.05, 0.1) is 6.04 Å². The van der Waals surface area contributed by atoms with Crippen molar-refractivity contribution in [2.45, 2.75) is 30.7 Å². The van der Waals surface area contributed by atoms with E-state index in [0.717, 1.165) is 29.8 Å². The molecule has 5 heteroatoms. The molecule has 0 aliphatic carbocycles. The molecular formula is C20H20N2O2S. The molecular weight excluding hydrogens is 332 g/mol. The van der Waals surface area contributed by atoms with Gasteiger partial charge in [-0.15, -0.1) is 11.8 Å². The van der Waals surface area contributed by atoms with Gasteiger partial charge in [0, 0.05) is 35.4 Å². The largest absolute Gasteiger partial charge is 0.345 e. The summed E-state index contributed by atoms with van der Waals surface area (Å²) >= 11 is 1.85. The van der Waals surface area contributed by atoms with Crippen LogP contribution >= 0.6 is 11.8 Å². The second-order valence-electron chi connectivity index (χ2n) is 6.47. The van der Waals surface area contributed by atoms with Gasteiger partial charge >= 0.3 is 0 Å². The van der Waals surface area contributed by atoms with Crippen molar-refractivity contribution in [3.8, 4) is 0 Å². The Morgan fingerprint density at radius 3 is 2.88 bits per heavy atom. The van der Waals surface area contributed by atoms with E-state index in [0.29, 0.717) is 12.1 Å². The molecule has 4 rings (SSSR count). The fourth-order valence-corrected chi connectivity index (χ4v) is 4.73. The lowest BCUT2D eigenvalue weighted by atomic mass is 10.0. The van der Waals surface area contributed by atoms with Crippen molar-refractivity contribution in [2.24, 2.45) is 0 Å². The summed E-state index contributed by atoms with van der Waals surface area (Å²) in [5.41, 5.74) is 3.88. The van der Waals surface area contributed by atoms with E-state index in [1.54, 1.807) is 11.8 Å². The van der Waals surface area contributed by atoms with E-state index < -0.39 is 0 Å². The maximum atomic E-state index is 12.7. The van der Waals surface area contributed by atoms with Gasteiger partial charge in [0.15, 0.2) is 0 Å². The fourth-order valence-electron chi connectivity index (χ4n) is 3.60. The summed E-state index contributed by atoms with van der Waals surface area (Å²) < 4.78 is 0. The van der Waals surface area contributed by atoms with E-state index in [1.165, 1.54) is 10.5 Å². The van der Waals surface area contributed by atoms with Gasteiger partial charge in [0.1, 0.15) is 0 Å². The van der Waals surface area contributed by atoms with Crippen LogP contribution in [0.15, 0.2) is 47.4 Å². The SMILES string of the molecule is CC(=O)N1CCc2cc(C(=O)NC3CCSc4ccccc43)ccc21. The van der Waals surface area contributed by atoms with Gasteiger partial charge in [-0.25, -0.2) is 0 Å². The first-order chi connectivity index (χ1) is 12.1. The molecule has 1 N–H and O–H groups in total. The molecule has 1 atom stereocenters. The molecule has 0 fully saturated rings. The zero-order valence-electron chi connectivity index (χ0n) is 14.1. The third-order valence-electron chi connectivity index (χ3n) is 4.88. The average molecular weight is 352 g/mol. The highest BCUT2D eigenvalue weighted by molar-refractivity contribution is 7.99. The fraction of sp³-hybridized carbons (Fsp3) is 0.300. The Labute approximate surface area is 151 Å². The topological polar surface area (TPSA) is 49.4 Å². The Kier molecular flexibility index (Phi) is 4.25. The number of fused-ring (bicyclic) bond motifs is 2. The van der Waals surface area contributed by atoms with Gasteiger partial charge in [-0.3, -0.25) is 9.59 Å². The summed E-state index contributed by atoms with van der Waals surface area (Å²) in [6.07, 6.45) is 1.75. The molecule has 2 aromatic carbocycles. The number of nitrogens with zero attached hydrogens (tertiary/aromatic N) is 1. The molecule has 0 saturated carbocycles. The zero-order valence-corrected chi connectivity index (χ0v) is 14.9. The minimum Gasteiger partial charge on any atom is -0.345 e. The predicted octanol–water partition coefficient (Wildman–Crippen LogP) is 3.56. The van der Waals surface area contributed by atoms with Crippen molar-refractivity contribution in [3.05, 3.63) is 59.2 Å². The highest BCUT2D eigenvalue weighted by Gasteiger charge is 2.25. The number of nitrogens with one attached hydrogen (secondary N) is 1. The summed E-state index contributed by atoms with van der Waals surface area (Å²) in [6.45, 7) is 2.28. The standard InChI is InChI=1S/C20H20N2O2S/c1-13(23)22-10-8-14-12-15(6-7-18(14)22)20(24)21-17-9-11-25-19-5-3-2-4-16(17)19/h2-7,12,17H,8-11H2,1H3,(H,21,24). The monoisotopic (exact) mass is 352 g/mol. The maximum Gasteiger partial charge on any atom is 0.251 e. The molecule has 0 spiro atoms. The Balaban J connectivity index is 1.54. The Bertz CT molecular complexity index is 849.